The third-order valence-electron chi connectivity index (χ3n) is 2.27. The molecular weight excluding hydrogens is 299 g/mol. The molecule has 1 unspecified atom stereocenters. The summed E-state index contributed by atoms with van der Waals surface area (Å²) in [4.78, 5) is 0. The van der Waals surface area contributed by atoms with E-state index in [1.165, 1.54) is 5.56 Å². The number of hydrogen-bond donors (Lipinski definition) is 0. The molecule has 0 amide bonds. The van der Waals surface area contributed by atoms with Crippen molar-refractivity contribution >= 4 is 44.8 Å². The van der Waals surface area contributed by atoms with Crippen LogP contribution in [0.15, 0.2) is 28.7 Å². The molecule has 0 aromatic heterocycles. The topological polar surface area (TPSA) is 0 Å². The third-order valence-corrected chi connectivity index (χ3v) is 6.31. The smallest absolute Gasteiger partial charge is 0.145 e. The summed E-state index contributed by atoms with van der Waals surface area (Å²) in [6.07, 6.45) is 0.992. The molecule has 0 nitrogen and oxygen atoms in total. The first-order valence-electron chi connectivity index (χ1n) is 4.58. The molecule has 0 saturated heterocycles. The number of benzene rings is 1. The Morgan fingerprint density at radius 2 is 2.07 bits per heavy atom. The molecule has 0 N–H and O–H groups in total. The lowest BCUT2D eigenvalue weighted by atomic mass is 10.1. The lowest BCUT2D eigenvalue weighted by molar-refractivity contribution is 0.863. The summed E-state index contributed by atoms with van der Waals surface area (Å²) in [6, 6.07) is 8.23. The highest BCUT2D eigenvalue weighted by atomic mass is 79.9. The largest absolute Gasteiger partial charge is 0.255 e. The van der Waals surface area contributed by atoms with E-state index >= 15 is 0 Å². The zero-order valence-corrected chi connectivity index (χ0v) is 12.3. The Labute approximate surface area is 104 Å². The third kappa shape index (κ3) is 3.26. The Bertz CT molecular complexity index is 309. The molecule has 0 heterocycles. The Morgan fingerprint density at radius 3 is 2.50 bits per heavy atom. The van der Waals surface area contributed by atoms with E-state index in [0.717, 1.165) is 10.9 Å². The van der Waals surface area contributed by atoms with Crippen molar-refractivity contribution in [3.8, 4) is 0 Å². The Hall–Kier alpha value is 0.497. The van der Waals surface area contributed by atoms with Gasteiger partial charge in [-0.1, -0.05) is 35.0 Å². The molecule has 0 fully saturated rings. The van der Waals surface area contributed by atoms with Gasteiger partial charge in [-0.05, 0) is 30.7 Å². The summed E-state index contributed by atoms with van der Waals surface area (Å²) >= 11 is 16.0. The van der Waals surface area contributed by atoms with Crippen molar-refractivity contribution in [3.63, 3.8) is 0 Å². The fourth-order valence-electron chi connectivity index (χ4n) is 1.61. The van der Waals surface area contributed by atoms with Gasteiger partial charge < -0.3 is 0 Å². The highest BCUT2D eigenvalue weighted by Gasteiger charge is 2.33. The average Bonchev–Trinajstić information content (AvgIpc) is 2.02. The van der Waals surface area contributed by atoms with Gasteiger partial charge in [0.1, 0.15) is 0 Å². The summed E-state index contributed by atoms with van der Waals surface area (Å²) in [5.41, 5.74) is 1.55. The minimum Gasteiger partial charge on any atom is -0.145 e. The Kier molecular flexibility index (Phi) is 4.50. The van der Waals surface area contributed by atoms with Gasteiger partial charge in [0.15, 0.2) is 0 Å². The number of rotatable bonds is 3. The fourth-order valence-corrected chi connectivity index (χ4v) is 5.19. The van der Waals surface area contributed by atoms with Gasteiger partial charge in [0.25, 0.3) is 6.69 Å². The van der Waals surface area contributed by atoms with Crippen LogP contribution in [0.5, 0.6) is 0 Å². The number of hydrogen-bond acceptors (Lipinski definition) is 0. The van der Waals surface area contributed by atoms with Gasteiger partial charge in [-0.15, -0.1) is 22.2 Å². The molecule has 0 saturated carbocycles. The molecule has 1 aromatic rings. The molecule has 1 aromatic carbocycles. The standard InChI is InChI=1S/C10H13BrCl2Si/c1-3-10(14(2,12)13)8-5-4-6-9(11)7-8/h4-7,10H,3H2,1-2H3. The zero-order valence-electron chi connectivity index (χ0n) is 8.23. The monoisotopic (exact) mass is 310 g/mol. The first-order chi connectivity index (χ1) is 6.45. The molecular formula is C10H13BrCl2Si. The van der Waals surface area contributed by atoms with Crippen LogP contribution in [0.3, 0.4) is 0 Å². The van der Waals surface area contributed by atoms with E-state index in [2.05, 4.69) is 35.0 Å². The molecule has 14 heavy (non-hydrogen) atoms. The lowest BCUT2D eigenvalue weighted by Gasteiger charge is -2.23. The molecule has 4 heteroatoms. The molecule has 0 aliphatic rings. The van der Waals surface area contributed by atoms with Crippen molar-refractivity contribution in [2.24, 2.45) is 0 Å². The van der Waals surface area contributed by atoms with Crippen LogP contribution >= 0.6 is 38.1 Å². The number of halogens is 3. The Balaban J connectivity index is 3.01. The van der Waals surface area contributed by atoms with Crippen LogP contribution in [-0.2, 0) is 0 Å². The second kappa shape index (κ2) is 5.02. The summed E-state index contributed by atoms with van der Waals surface area (Å²) in [5.74, 6) is 0. The van der Waals surface area contributed by atoms with Crippen molar-refractivity contribution in [1.82, 2.24) is 0 Å². The molecule has 0 aliphatic carbocycles. The summed E-state index contributed by atoms with van der Waals surface area (Å²) in [7, 11) is 0. The van der Waals surface area contributed by atoms with Gasteiger partial charge in [0.2, 0.25) is 0 Å². The van der Waals surface area contributed by atoms with E-state index in [0.29, 0.717) is 5.54 Å². The summed E-state index contributed by atoms with van der Waals surface area (Å²) in [5, 5.41) is 0. The highest BCUT2D eigenvalue weighted by molar-refractivity contribution is 9.10. The van der Waals surface area contributed by atoms with Gasteiger partial charge >= 0.3 is 0 Å². The van der Waals surface area contributed by atoms with Gasteiger partial charge in [0, 0.05) is 10.0 Å². The van der Waals surface area contributed by atoms with E-state index in [4.69, 9.17) is 22.2 Å². The average molecular weight is 312 g/mol. The van der Waals surface area contributed by atoms with Crippen molar-refractivity contribution in [2.45, 2.75) is 25.4 Å². The predicted octanol–water partition coefficient (Wildman–Crippen LogP) is 5.03. The van der Waals surface area contributed by atoms with Crippen LogP contribution in [0.1, 0.15) is 24.4 Å². The first kappa shape index (κ1) is 12.6. The first-order valence-corrected chi connectivity index (χ1v) is 9.98. The van der Waals surface area contributed by atoms with Crippen LogP contribution in [0.4, 0.5) is 0 Å². The minimum atomic E-state index is -2.13. The van der Waals surface area contributed by atoms with Crippen molar-refractivity contribution in [2.75, 3.05) is 0 Å². The Morgan fingerprint density at radius 1 is 1.43 bits per heavy atom. The van der Waals surface area contributed by atoms with Gasteiger partial charge in [-0.2, -0.15) is 0 Å². The van der Waals surface area contributed by atoms with Gasteiger partial charge in [0.05, 0.1) is 0 Å². The van der Waals surface area contributed by atoms with Crippen LogP contribution < -0.4 is 0 Å². The maximum absolute atomic E-state index is 6.28. The maximum atomic E-state index is 6.28. The molecule has 0 bridgehead atoms. The highest BCUT2D eigenvalue weighted by Crippen LogP contribution is 2.36. The van der Waals surface area contributed by atoms with E-state index < -0.39 is 6.69 Å². The molecule has 0 aliphatic heterocycles. The van der Waals surface area contributed by atoms with Gasteiger partial charge in [-0.3, -0.25) is 0 Å². The second-order valence-electron chi connectivity index (χ2n) is 3.47. The van der Waals surface area contributed by atoms with Crippen LogP contribution in [0.2, 0.25) is 6.55 Å². The SMILES string of the molecule is CCC(c1cccc(Br)c1)[Si](C)(Cl)Cl. The van der Waals surface area contributed by atoms with Gasteiger partial charge in [-0.25, -0.2) is 0 Å². The van der Waals surface area contributed by atoms with E-state index in [9.17, 15) is 0 Å². The van der Waals surface area contributed by atoms with Crippen molar-refractivity contribution < 1.29 is 0 Å². The van der Waals surface area contributed by atoms with E-state index in [1.54, 1.807) is 0 Å². The predicted molar refractivity (Wildman–Crippen MR) is 70.5 cm³/mol. The second-order valence-corrected chi connectivity index (χ2v) is 12.3. The lowest BCUT2D eigenvalue weighted by Crippen LogP contribution is -2.25. The quantitative estimate of drug-likeness (QED) is 0.542. The van der Waals surface area contributed by atoms with Crippen LogP contribution in [0, 0.1) is 0 Å². The molecule has 0 radical (unpaired) electrons. The summed E-state index contributed by atoms with van der Waals surface area (Å²) in [6.45, 7) is 1.98. The normalized spacial score (nSPS) is 14.1. The fraction of sp³-hybridized carbons (Fsp3) is 0.400. The van der Waals surface area contributed by atoms with Crippen molar-refractivity contribution in [3.05, 3.63) is 34.3 Å². The minimum absolute atomic E-state index is 0.309. The van der Waals surface area contributed by atoms with Crippen LogP contribution in [-0.4, -0.2) is 6.69 Å². The zero-order chi connectivity index (χ0) is 10.8. The molecule has 1 rings (SSSR count). The van der Waals surface area contributed by atoms with E-state index in [1.807, 2.05) is 18.7 Å². The summed E-state index contributed by atoms with van der Waals surface area (Å²) < 4.78 is 1.08. The molecule has 78 valence electrons. The molecule has 0 spiro atoms. The van der Waals surface area contributed by atoms with Crippen molar-refractivity contribution in [1.29, 1.82) is 0 Å². The van der Waals surface area contributed by atoms with Crippen LogP contribution in [0.25, 0.3) is 0 Å². The van der Waals surface area contributed by atoms with E-state index in [-0.39, 0.29) is 0 Å². The molecule has 1 atom stereocenters. The maximum Gasteiger partial charge on any atom is 0.255 e.